The van der Waals surface area contributed by atoms with Gasteiger partial charge in [0.15, 0.2) is 6.10 Å². The van der Waals surface area contributed by atoms with E-state index in [0.29, 0.717) is 17.4 Å². The van der Waals surface area contributed by atoms with E-state index in [1.165, 1.54) is 270 Å². The molecule has 0 heterocycles. The standard InChI is InChI=1S/C78H144NO8P/c1-6-8-10-12-14-16-18-20-22-24-26-28-30-32-34-35-36-37-38-39-40-41-42-43-45-47-49-51-53-55-57-59-61-63-65-67-69-71-78(81)87-76(75-86-88(82,83)85-73-72-79(3,4)5)74-84-77(80)70-68-66-64-62-60-58-56-54-52-50-48-46-44-33-31-29-27-25-23-21-19-17-15-13-11-9-7-2/h18-21,24-27,30-33,76H,6-17,22-23,28-29,34-75H2,1-5H3/b20-18-,21-19-,26-24-,27-25-,32-30-,33-31-. The summed E-state index contributed by atoms with van der Waals surface area (Å²) in [5.74, 6) is -0.820. The van der Waals surface area contributed by atoms with Crippen molar-refractivity contribution in [2.75, 3.05) is 47.5 Å². The van der Waals surface area contributed by atoms with Crippen molar-refractivity contribution in [3.63, 3.8) is 0 Å². The third-order valence-corrected chi connectivity index (χ3v) is 17.7. The molecule has 9 nitrogen and oxygen atoms in total. The van der Waals surface area contributed by atoms with Crippen molar-refractivity contribution in [3.05, 3.63) is 72.9 Å². The average molecular weight is 1250 g/mol. The zero-order valence-corrected chi connectivity index (χ0v) is 59.6. The lowest BCUT2D eigenvalue weighted by molar-refractivity contribution is -0.870. The number of carbonyl (C=O) groups is 2. The van der Waals surface area contributed by atoms with Gasteiger partial charge in [0.25, 0.3) is 7.82 Å². The summed E-state index contributed by atoms with van der Waals surface area (Å²) in [6, 6.07) is 0. The van der Waals surface area contributed by atoms with E-state index >= 15 is 0 Å². The second-order valence-electron chi connectivity index (χ2n) is 26.7. The Bertz CT molecular complexity index is 1710. The molecule has 0 aliphatic rings. The molecule has 10 heteroatoms. The predicted molar refractivity (Wildman–Crippen MR) is 379 cm³/mol. The van der Waals surface area contributed by atoms with E-state index in [2.05, 4.69) is 86.8 Å². The number of phosphoric ester groups is 1. The Hall–Kier alpha value is -2.55. The molecule has 0 saturated heterocycles. The minimum Gasteiger partial charge on any atom is -0.756 e. The normalized spacial score (nSPS) is 13.5. The van der Waals surface area contributed by atoms with Gasteiger partial charge in [0, 0.05) is 12.8 Å². The molecule has 0 aromatic rings. The zero-order chi connectivity index (χ0) is 64.1. The highest BCUT2D eigenvalue weighted by Gasteiger charge is 2.22. The van der Waals surface area contributed by atoms with Crippen molar-refractivity contribution < 1.29 is 42.1 Å². The zero-order valence-electron chi connectivity index (χ0n) is 58.7. The number of hydrogen-bond donors (Lipinski definition) is 0. The van der Waals surface area contributed by atoms with E-state index < -0.39 is 26.5 Å². The highest BCUT2D eigenvalue weighted by Crippen LogP contribution is 2.38. The van der Waals surface area contributed by atoms with E-state index in [4.69, 9.17) is 18.5 Å². The molecular formula is C78H144NO8P. The third kappa shape index (κ3) is 72.5. The first-order chi connectivity index (χ1) is 43.0. The van der Waals surface area contributed by atoms with Crippen LogP contribution in [0.5, 0.6) is 0 Å². The molecule has 0 aliphatic carbocycles. The van der Waals surface area contributed by atoms with E-state index in [1.807, 2.05) is 21.1 Å². The fraction of sp³-hybridized carbons (Fsp3) is 0.821. The van der Waals surface area contributed by atoms with Gasteiger partial charge in [-0.05, 0) is 89.9 Å². The van der Waals surface area contributed by atoms with Crippen LogP contribution in [0.2, 0.25) is 0 Å². The number of esters is 2. The van der Waals surface area contributed by atoms with Crippen LogP contribution in [0.25, 0.3) is 0 Å². The van der Waals surface area contributed by atoms with Gasteiger partial charge in [-0.1, -0.05) is 331 Å². The summed E-state index contributed by atoms with van der Waals surface area (Å²) in [4.78, 5) is 38.1. The summed E-state index contributed by atoms with van der Waals surface area (Å²) < 4.78 is 34.4. The second-order valence-corrected chi connectivity index (χ2v) is 28.1. The molecule has 0 radical (unpaired) electrons. The smallest absolute Gasteiger partial charge is 0.306 e. The third-order valence-electron chi connectivity index (χ3n) is 16.7. The van der Waals surface area contributed by atoms with Crippen molar-refractivity contribution >= 4 is 19.8 Å². The Balaban J connectivity index is 3.97. The average Bonchev–Trinajstić information content (AvgIpc) is 3.68. The molecule has 0 fully saturated rings. The predicted octanol–water partition coefficient (Wildman–Crippen LogP) is 24.1. The lowest BCUT2D eigenvalue weighted by Gasteiger charge is -2.28. The number of hydrogen-bond acceptors (Lipinski definition) is 8. The van der Waals surface area contributed by atoms with Gasteiger partial charge in [0.2, 0.25) is 0 Å². The number of phosphoric acid groups is 1. The minimum absolute atomic E-state index is 0.0310. The Labute approximate surface area is 546 Å². The number of rotatable bonds is 70. The first-order valence-electron chi connectivity index (χ1n) is 37.6. The molecule has 0 aromatic heterocycles. The van der Waals surface area contributed by atoms with E-state index in [-0.39, 0.29) is 32.0 Å². The van der Waals surface area contributed by atoms with Crippen LogP contribution < -0.4 is 4.89 Å². The van der Waals surface area contributed by atoms with Crippen molar-refractivity contribution in [1.29, 1.82) is 0 Å². The van der Waals surface area contributed by atoms with Gasteiger partial charge in [-0.3, -0.25) is 14.2 Å². The van der Waals surface area contributed by atoms with Gasteiger partial charge in [-0.25, -0.2) is 0 Å². The van der Waals surface area contributed by atoms with Gasteiger partial charge in [-0.15, -0.1) is 0 Å². The van der Waals surface area contributed by atoms with Crippen molar-refractivity contribution in [1.82, 2.24) is 0 Å². The van der Waals surface area contributed by atoms with Crippen LogP contribution in [-0.2, 0) is 32.7 Å². The number of ether oxygens (including phenoxy) is 2. The van der Waals surface area contributed by atoms with Gasteiger partial charge in [0.1, 0.15) is 19.8 Å². The highest BCUT2D eigenvalue weighted by atomic mass is 31.2. The number of quaternary nitrogens is 1. The van der Waals surface area contributed by atoms with Crippen LogP contribution in [-0.4, -0.2) is 70.0 Å². The maximum absolute atomic E-state index is 12.9. The fourth-order valence-electron chi connectivity index (χ4n) is 10.9. The molecule has 2 unspecified atom stereocenters. The van der Waals surface area contributed by atoms with Crippen LogP contribution in [0.1, 0.15) is 361 Å². The highest BCUT2D eigenvalue weighted by molar-refractivity contribution is 7.45. The maximum Gasteiger partial charge on any atom is 0.306 e. The van der Waals surface area contributed by atoms with Crippen molar-refractivity contribution in [3.8, 4) is 0 Å². The first-order valence-corrected chi connectivity index (χ1v) is 39.1. The minimum atomic E-state index is -4.64. The Morgan fingerprint density at radius 2 is 0.614 bits per heavy atom. The summed E-state index contributed by atoms with van der Waals surface area (Å²) in [6.45, 7) is 4.26. The van der Waals surface area contributed by atoms with Crippen LogP contribution >= 0.6 is 7.82 Å². The largest absolute Gasteiger partial charge is 0.756 e. The van der Waals surface area contributed by atoms with E-state index in [1.54, 1.807) is 0 Å². The Morgan fingerprint density at radius 1 is 0.352 bits per heavy atom. The second kappa shape index (κ2) is 68.8. The number of carbonyl (C=O) groups excluding carboxylic acids is 2. The molecule has 0 bridgehead atoms. The molecular weight excluding hydrogens is 1110 g/mol. The summed E-state index contributed by atoms with van der Waals surface area (Å²) in [7, 11) is 1.18. The first kappa shape index (κ1) is 85.5. The van der Waals surface area contributed by atoms with E-state index in [0.717, 1.165) is 57.8 Å². The monoisotopic (exact) mass is 1250 g/mol. The lowest BCUT2D eigenvalue weighted by atomic mass is 10.0. The molecule has 0 spiro atoms. The van der Waals surface area contributed by atoms with Gasteiger partial charge >= 0.3 is 11.9 Å². The topological polar surface area (TPSA) is 111 Å². The van der Waals surface area contributed by atoms with Gasteiger partial charge in [-0.2, -0.15) is 0 Å². The Kier molecular flexibility index (Phi) is 66.8. The molecule has 0 saturated carbocycles. The maximum atomic E-state index is 12.9. The molecule has 0 aliphatic heterocycles. The van der Waals surface area contributed by atoms with Crippen LogP contribution in [0.15, 0.2) is 72.9 Å². The summed E-state index contributed by atoms with van der Waals surface area (Å²) in [5.41, 5.74) is 0. The van der Waals surface area contributed by atoms with Crippen LogP contribution in [0, 0.1) is 0 Å². The summed E-state index contributed by atoms with van der Waals surface area (Å²) in [5, 5.41) is 0. The van der Waals surface area contributed by atoms with E-state index in [9.17, 15) is 19.0 Å². The molecule has 514 valence electrons. The van der Waals surface area contributed by atoms with Crippen molar-refractivity contribution in [2.24, 2.45) is 0 Å². The summed E-state index contributed by atoms with van der Waals surface area (Å²) >= 11 is 0. The molecule has 0 amide bonds. The molecule has 0 N–H and O–H groups in total. The fourth-order valence-corrected chi connectivity index (χ4v) is 11.6. The Morgan fingerprint density at radius 3 is 0.909 bits per heavy atom. The molecule has 0 rings (SSSR count). The molecule has 2 atom stereocenters. The van der Waals surface area contributed by atoms with Crippen LogP contribution in [0.3, 0.4) is 0 Å². The van der Waals surface area contributed by atoms with Gasteiger partial charge in [0.05, 0.1) is 27.7 Å². The van der Waals surface area contributed by atoms with Crippen molar-refractivity contribution in [2.45, 2.75) is 367 Å². The quantitative estimate of drug-likeness (QED) is 0.0195. The number of allylic oxidation sites excluding steroid dienone is 12. The number of unbranched alkanes of at least 4 members (excludes halogenated alkanes) is 44. The summed E-state index contributed by atoms with van der Waals surface area (Å²) in [6.07, 6.45) is 92.9. The van der Waals surface area contributed by atoms with Gasteiger partial charge < -0.3 is 27.9 Å². The van der Waals surface area contributed by atoms with Crippen LogP contribution in [0.4, 0.5) is 0 Å². The molecule has 88 heavy (non-hydrogen) atoms. The lowest BCUT2D eigenvalue weighted by Crippen LogP contribution is -2.37. The SMILES string of the molecule is CCCCCCC/C=C\C/C=C\C/C=C\CCCCCCCCCCCCCCCCCCCCCCCCC(=O)OC(COC(=O)CCCCCCCCCCCCCC/C=C\C/C=C\C/C=C\CCCCCCC)COP(=O)([O-])OCC[N+](C)(C)C. The number of nitrogens with zero attached hydrogens (tertiary/aromatic N) is 1. The molecule has 0 aromatic carbocycles. The number of likely N-dealkylation sites (N-methyl/N-ethyl adjacent to an activating group) is 1.